The quantitative estimate of drug-likeness (QED) is 0.486. The minimum atomic E-state index is -5.08. The van der Waals surface area contributed by atoms with Crippen molar-refractivity contribution in [3.63, 3.8) is 0 Å². The van der Waals surface area contributed by atoms with Gasteiger partial charge in [0.15, 0.2) is 5.82 Å². The number of aryl methyl sites for hydroxylation is 1. The molecular weight excluding hydrogens is 477 g/mol. The highest BCUT2D eigenvalue weighted by Gasteiger charge is 2.38. The van der Waals surface area contributed by atoms with Gasteiger partial charge in [-0.25, -0.2) is 9.78 Å². The van der Waals surface area contributed by atoms with Crippen molar-refractivity contribution in [3.8, 4) is 11.3 Å². The summed E-state index contributed by atoms with van der Waals surface area (Å²) in [4.78, 5) is 28.4. The Morgan fingerprint density at radius 2 is 1.64 bits per heavy atom. The van der Waals surface area contributed by atoms with Crippen molar-refractivity contribution in [2.24, 2.45) is 7.05 Å². The molecule has 1 saturated heterocycles. The number of alkyl halides is 3. The molecule has 11 heteroatoms. The molecule has 0 unspecified atom stereocenters. The number of benzene rings is 2. The van der Waals surface area contributed by atoms with Crippen molar-refractivity contribution in [2.45, 2.75) is 31.7 Å². The van der Waals surface area contributed by atoms with E-state index in [1.807, 2.05) is 67.8 Å². The molecule has 1 amide bonds. The number of nitrogens with one attached hydrogen (secondary N) is 1. The number of aliphatic hydroxyl groups excluding tert-OH is 1. The summed E-state index contributed by atoms with van der Waals surface area (Å²) in [5.74, 6) is -2.61. The molecule has 192 valence electrons. The number of aromatic nitrogens is 2. The highest BCUT2D eigenvalue weighted by molar-refractivity contribution is 6.02. The Hall–Kier alpha value is -3.70. The maximum Gasteiger partial charge on any atom is 0.490 e. The SMILES string of the molecule is Cn1cc(-c2ccccc2)nc1C(=O)Nc1ccc(CN2CCC(O)CC2)cc1.O=C(O)C(F)(F)F. The van der Waals surface area contributed by atoms with Gasteiger partial charge in [0.2, 0.25) is 0 Å². The van der Waals surface area contributed by atoms with Gasteiger partial charge in [-0.3, -0.25) is 9.69 Å². The monoisotopic (exact) mass is 504 g/mol. The van der Waals surface area contributed by atoms with Gasteiger partial charge in [-0.2, -0.15) is 13.2 Å². The molecule has 1 aromatic heterocycles. The van der Waals surface area contributed by atoms with E-state index in [1.165, 1.54) is 5.56 Å². The van der Waals surface area contributed by atoms with Crippen LogP contribution in [-0.4, -0.2) is 61.9 Å². The van der Waals surface area contributed by atoms with Gasteiger partial charge < -0.3 is 20.1 Å². The first-order valence-corrected chi connectivity index (χ1v) is 11.2. The van der Waals surface area contributed by atoms with Crippen molar-refractivity contribution >= 4 is 17.6 Å². The number of anilines is 1. The lowest BCUT2D eigenvalue weighted by atomic mass is 10.1. The maximum absolute atomic E-state index is 12.7. The Labute approximate surface area is 206 Å². The molecule has 3 aromatic rings. The fraction of sp³-hybridized carbons (Fsp3) is 0.320. The van der Waals surface area contributed by atoms with E-state index in [0.29, 0.717) is 5.82 Å². The van der Waals surface area contributed by atoms with Gasteiger partial charge in [0.25, 0.3) is 5.91 Å². The maximum atomic E-state index is 12.7. The number of aliphatic carboxylic acids is 1. The fourth-order valence-electron chi connectivity index (χ4n) is 3.64. The van der Waals surface area contributed by atoms with Crippen molar-refractivity contribution in [2.75, 3.05) is 18.4 Å². The first-order valence-electron chi connectivity index (χ1n) is 11.2. The van der Waals surface area contributed by atoms with Crippen molar-refractivity contribution in [3.05, 3.63) is 72.2 Å². The fourth-order valence-corrected chi connectivity index (χ4v) is 3.64. The first-order chi connectivity index (χ1) is 17.0. The van der Waals surface area contributed by atoms with Gasteiger partial charge >= 0.3 is 12.1 Å². The number of carbonyl (C=O) groups excluding carboxylic acids is 1. The second-order valence-corrected chi connectivity index (χ2v) is 8.39. The number of hydrogen-bond donors (Lipinski definition) is 3. The van der Waals surface area contributed by atoms with Crippen LogP contribution in [-0.2, 0) is 18.4 Å². The third-order valence-electron chi connectivity index (χ3n) is 5.57. The minimum absolute atomic E-state index is 0.155. The Kier molecular flexibility index (Phi) is 8.83. The zero-order chi connectivity index (χ0) is 26.3. The van der Waals surface area contributed by atoms with Crippen LogP contribution in [0.3, 0.4) is 0 Å². The summed E-state index contributed by atoms with van der Waals surface area (Å²) >= 11 is 0. The summed E-state index contributed by atoms with van der Waals surface area (Å²) in [6, 6.07) is 17.7. The number of amides is 1. The molecule has 36 heavy (non-hydrogen) atoms. The summed E-state index contributed by atoms with van der Waals surface area (Å²) < 4.78 is 33.5. The molecule has 8 nitrogen and oxygen atoms in total. The van der Waals surface area contributed by atoms with Gasteiger partial charge in [0, 0.05) is 44.1 Å². The summed E-state index contributed by atoms with van der Waals surface area (Å²) in [6.07, 6.45) is -1.70. The van der Waals surface area contributed by atoms with Gasteiger partial charge in [-0.1, -0.05) is 42.5 Å². The van der Waals surface area contributed by atoms with Crippen molar-refractivity contribution in [1.29, 1.82) is 0 Å². The molecule has 4 rings (SSSR count). The lowest BCUT2D eigenvalue weighted by molar-refractivity contribution is -0.192. The van der Waals surface area contributed by atoms with Crippen molar-refractivity contribution in [1.82, 2.24) is 14.5 Å². The average molecular weight is 505 g/mol. The predicted molar refractivity (Wildman–Crippen MR) is 127 cm³/mol. The third kappa shape index (κ3) is 7.65. The molecule has 0 aliphatic carbocycles. The van der Waals surface area contributed by atoms with E-state index in [9.17, 15) is 23.1 Å². The number of likely N-dealkylation sites (tertiary alicyclic amines) is 1. The summed E-state index contributed by atoms with van der Waals surface area (Å²) in [5.41, 5.74) is 3.71. The molecule has 0 saturated carbocycles. The lowest BCUT2D eigenvalue weighted by Crippen LogP contribution is -2.35. The van der Waals surface area contributed by atoms with Crippen LogP contribution in [0.2, 0.25) is 0 Å². The van der Waals surface area contributed by atoms with Crippen LogP contribution in [0, 0.1) is 0 Å². The number of imidazole rings is 1. The summed E-state index contributed by atoms with van der Waals surface area (Å²) in [7, 11) is 1.83. The number of hydrogen-bond acceptors (Lipinski definition) is 5. The number of carboxylic acid groups (broad SMARTS) is 1. The first kappa shape index (κ1) is 26.9. The van der Waals surface area contributed by atoms with E-state index >= 15 is 0 Å². The van der Waals surface area contributed by atoms with Crippen LogP contribution in [0.25, 0.3) is 11.3 Å². The largest absolute Gasteiger partial charge is 0.490 e. The Balaban J connectivity index is 0.000000454. The van der Waals surface area contributed by atoms with Gasteiger partial charge in [-0.05, 0) is 30.5 Å². The average Bonchev–Trinajstić information content (AvgIpc) is 3.24. The zero-order valence-electron chi connectivity index (χ0n) is 19.6. The normalized spacial score (nSPS) is 14.6. The molecule has 1 aliphatic rings. The number of carboxylic acids is 1. The molecular formula is C25H27F3N4O4. The van der Waals surface area contributed by atoms with Crippen LogP contribution in [0.5, 0.6) is 0 Å². The van der Waals surface area contributed by atoms with Crippen LogP contribution in [0.4, 0.5) is 18.9 Å². The highest BCUT2D eigenvalue weighted by atomic mass is 19.4. The topological polar surface area (TPSA) is 108 Å². The Bertz CT molecular complexity index is 1160. The van der Waals surface area contributed by atoms with Gasteiger partial charge in [0.1, 0.15) is 0 Å². The van der Waals surface area contributed by atoms with Gasteiger partial charge in [-0.15, -0.1) is 0 Å². The third-order valence-corrected chi connectivity index (χ3v) is 5.57. The second kappa shape index (κ2) is 11.8. The summed E-state index contributed by atoms with van der Waals surface area (Å²) in [6.45, 7) is 2.70. The molecule has 1 fully saturated rings. The number of aliphatic hydroxyl groups is 1. The van der Waals surface area contributed by atoms with Crippen LogP contribution >= 0.6 is 0 Å². The van der Waals surface area contributed by atoms with E-state index in [1.54, 1.807) is 4.57 Å². The zero-order valence-corrected chi connectivity index (χ0v) is 19.6. The molecule has 0 bridgehead atoms. The number of carbonyl (C=O) groups is 2. The van der Waals surface area contributed by atoms with E-state index < -0.39 is 12.1 Å². The number of halogens is 3. The molecule has 3 N–H and O–H groups in total. The highest BCUT2D eigenvalue weighted by Crippen LogP contribution is 2.19. The standard InChI is InChI=1S/C23H26N4O2.C2HF3O2/c1-26-16-21(18-5-3-2-4-6-18)25-22(26)23(29)24-19-9-7-17(8-10-19)15-27-13-11-20(28)12-14-27;3-2(4,5)1(6)7/h2-10,16,20,28H,11-15H2,1H3,(H,24,29);(H,6,7). The Morgan fingerprint density at radius 3 is 2.19 bits per heavy atom. The molecule has 2 aromatic carbocycles. The number of nitrogens with zero attached hydrogens (tertiary/aromatic N) is 3. The molecule has 0 atom stereocenters. The van der Waals surface area contributed by atoms with E-state index in [0.717, 1.165) is 49.4 Å². The minimum Gasteiger partial charge on any atom is -0.475 e. The van der Waals surface area contributed by atoms with E-state index in [4.69, 9.17) is 9.90 Å². The summed E-state index contributed by atoms with van der Waals surface area (Å²) in [5, 5.41) is 19.7. The smallest absolute Gasteiger partial charge is 0.475 e. The van der Waals surface area contributed by atoms with Crippen LogP contribution in [0.1, 0.15) is 29.0 Å². The van der Waals surface area contributed by atoms with E-state index in [-0.39, 0.29) is 12.0 Å². The van der Waals surface area contributed by atoms with Crippen LogP contribution < -0.4 is 5.32 Å². The molecule has 0 spiro atoms. The lowest BCUT2D eigenvalue weighted by Gasteiger charge is -2.29. The predicted octanol–water partition coefficient (Wildman–Crippen LogP) is 3.93. The molecule has 2 heterocycles. The number of rotatable bonds is 5. The molecule has 0 radical (unpaired) electrons. The van der Waals surface area contributed by atoms with E-state index in [2.05, 4.69) is 15.2 Å². The van der Waals surface area contributed by atoms with Gasteiger partial charge in [0.05, 0.1) is 11.8 Å². The number of piperidine rings is 1. The van der Waals surface area contributed by atoms with Crippen molar-refractivity contribution < 1.29 is 33.0 Å². The molecule has 1 aliphatic heterocycles. The van der Waals surface area contributed by atoms with Crippen LogP contribution in [0.15, 0.2) is 60.8 Å². The Morgan fingerprint density at radius 1 is 1.06 bits per heavy atom. The second-order valence-electron chi connectivity index (χ2n) is 8.39.